The summed E-state index contributed by atoms with van der Waals surface area (Å²) in [7, 11) is 0. The van der Waals surface area contributed by atoms with Gasteiger partial charge in [0.1, 0.15) is 0 Å². The van der Waals surface area contributed by atoms with Crippen LogP contribution in [-0.2, 0) is 12.4 Å². The van der Waals surface area contributed by atoms with E-state index in [1.807, 2.05) is 0 Å². The first-order chi connectivity index (χ1) is 14.1. The average molecular weight is 434 g/mol. The van der Waals surface area contributed by atoms with Crippen molar-refractivity contribution in [1.82, 2.24) is 20.1 Å². The van der Waals surface area contributed by atoms with Gasteiger partial charge in [0.05, 0.1) is 17.3 Å². The predicted octanol–water partition coefficient (Wildman–Crippen LogP) is 5.15. The Morgan fingerprint density at radius 1 is 0.933 bits per heavy atom. The summed E-state index contributed by atoms with van der Waals surface area (Å²) in [6, 6.07) is 1.16. The second kappa shape index (κ2) is 8.65. The Morgan fingerprint density at radius 2 is 1.57 bits per heavy atom. The zero-order valence-corrected chi connectivity index (χ0v) is 15.9. The molecule has 0 saturated heterocycles. The third-order valence-corrected chi connectivity index (χ3v) is 5.01. The number of amides is 1. The third kappa shape index (κ3) is 5.11. The number of rotatable bonds is 3. The number of carbonyl (C=O) groups excluding carboxylic acids is 1. The fourth-order valence-corrected chi connectivity index (χ4v) is 3.50. The van der Waals surface area contributed by atoms with E-state index in [0.717, 1.165) is 44.4 Å². The third-order valence-electron chi connectivity index (χ3n) is 5.01. The molecule has 30 heavy (non-hydrogen) atoms. The standard InChI is InChI=1S/C19H20F6N4O/c20-18(21,22)12-8-9-15(26-10-12)29-16(19(23,24)25)14(11-27-29)17(30)28-13-6-4-2-1-3-5-7-13/h8-11,13H,1-7H2,(H,28,30). The lowest BCUT2D eigenvalue weighted by Gasteiger charge is -2.21. The molecule has 2 heterocycles. The number of nitrogens with one attached hydrogen (secondary N) is 1. The van der Waals surface area contributed by atoms with Gasteiger partial charge >= 0.3 is 12.4 Å². The molecule has 1 aliphatic rings. The molecule has 164 valence electrons. The van der Waals surface area contributed by atoms with E-state index >= 15 is 0 Å². The van der Waals surface area contributed by atoms with E-state index in [-0.39, 0.29) is 6.04 Å². The number of pyridine rings is 1. The Morgan fingerprint density at radius 3 is 2.10 bits per heavy atom. The van der Waals surface area contributed by atoms with Crippen molar-refractivity contribution in [2.45, 2.75) is 63.3 Å². The quantitative estimate of drug-likeness (QED) is 0.680. The van der Waals surface area contributed by atoms with Gasteiger partial charge in [-0.15, -0.1) is 0 Å². The van der Waals surface area contributed by atoms with Crippen LogP contribution >= 0.6 is 0 Å². The summed E-state index contributed by atoms with van der Waals surface area (Å²) in [5, 5.41) is 6.23. The number of hydrogen-bond donors (Lipinski definition) is 1. The molecule has 3 rings (SSSR count). The normalized spacial score (nSPS) is 16.7. The highest BCUT2D eigenvalue weighted by atomic mass is 19.4. The van der Waals surface area contributed by atoms with E-state index in [9.17, 15) is 31.1 Å². The fourth-order valence-electron chi connectivity index (χ4n) is 3.50. The highest BCUT2D eigenvalue weighted by Crippen LogP contribution is 2.34. The van der Waals surface area contributed by atoms with Crippen LogP contribution in [0.2, 0.25) is 0 Å². The maximum Gasteiger partial charge on any atom is 0.434 e. The van der Waals surface area contributed by atoms with Crippen molar-refractivity contribution >= 4 is 5.91 Å². The smallest absolute Gasteiger partial charge is 0.349 e. The summed E-state index contributed by atoms with van der Waals surface area (Å²) < 4.78 is 79.5. The minimum Gasteiger partial charge on any atom is -0.349 e. The van der Waals surface area contributed by atoms with Crippen LogP contribution in [0, 0.1) is 0 Å². The lowest BCUT2D eigenvalue weighted by Crippen LogP contribution is -2.36. The van der Waals surface area contributed by atoms with Crippen LogP contribution in [0.1, 0.15) is 66.6 Å². The lowest BCUT2D eigenvalue weighted by atomic mass is 9.96. The number of aromatic nitrogens is 3. The molecule has 0 aliphatic heterocycles. The van der Waals surface area contributed by atoms with Gasteiger partial charge in [-0.05, 0) is 25.0 Å². The van der Waals surface area contributed by atoms with Crippen LogP contribution in [-0.4, -0.2) is 26.7 Å². The van der Waals surface area contributed by atoms with Crippen molar-refractivity contribution in [3.8, 4) is 5.82 Å². The molecule has 1 N–H and O–H groups in total. The van der Waals surface area contributed by atoms with Crippen LogP contribution in [0.3, 0.4) is 0 Å². The summed E-state index contributed by atoms with van der Waals surface area (Å²) >= 11 is 0. The number of carbonyl (C=O) groups is 1. The molecular formula is C19H20F6N4O. The molecule has 0 atom stereocenters. The van der Waals surface area contributed by atoms with Crippen LogP contribution < -0.4 is 5.32 Å². The second-order valence-corrected chi connectivity index (χ2v) is 7.23. The van der Waals surface area contributed by atoms with Crippen LogP contribution in [0.5, 0.6) is 0 Å². The topological polar surface area (TPSA) is 59.8 Å². The molecule has 1 fully saturated rings. The van der Waals surface area contributed by atoms with Gasteiger partial charge in [0, 0.05) is 12.2 Å². The molecule has 0 bridgehead atoms. The van der Waals surface area contributed by atoms with Gasteiger partial charge in [-0.3, -0.25) is 4.79 Å². The largest absolute Gasteiger partial charge is 0.434 e. The van der Waals surface area contributed by atoms with E-state index in [0.29, 0.717) is 29.8 Å². The monoisotopic (exact) mass is 434 g/mol. The maximum atomic E-state index is 13.7. The predicted molar refractivity (Wildman–Crippen MR) is 94.9 cm³/mol. The molecule has 0 radical (unpaired) electrons. The van der Waals surface area contributed by atoms with Gasteiger partial charge in [-0.2, -0.15) is 31.4 Å². The first kappa shape index (κ1) is 22.1. The zero-order valence-electron chi connectivity index (χ0n) is 15.9. The van der Waals surface area contributed by atoms with Gasteiger partial charge < -0.3 is 5.32 Å². The van der Waals surface area contributed by atoms with Crippen LogP contribution in [0.4, 0.5) is 26.3 Å². The van der Waals surface area contributed by atoms with Crippen molar-refractivity contribution < 1.29 is 31.1 Å². The molecule has 11 heteroatoms. The average Bonchev–Trinajstić information content (AvgIpc) is 3.09. The van der Waals surface area contributed by atoms with Crippen molar-refractivity contribution in [2.24, 2.45) is 0 Å². The van der Waals surface area contributed by atoms with Crippen LogP contribution in [0.15, 0.2) is 24.5 Å². The van der Waals surface area contributed by atoms with Crippen molar-refractivity contribution in [3.05, 3.63) is 41.3 Å². The molecule has 1 saturated carbocycles. The van der Waals surface area contributed by atoms with Crippen molar-refractivity contribution in [3.63, 3.8) is 0 Å². The Hall–Kier alpha value is -2.59. The molecule has 1 aliphatic carbocycles. The summed E-state index contributed by atoms with van der Waals surface area (Å²) in [4.78, 5) is 16.0. The molecule has 1 amide bonds. The first-order valence-corrected chi connectivity index (χ1v) is 9.57. The summed E-state index contributed by atoms with van der Waals surface area (Å²) in [5.74, 6) is -1.38. The fraction of sp³-hybridized carbons (Fsp3) is 0.526. The van der Waals surface area contributed by atoms with E-state index in [1.54, 1.807) is 0 Å². The van der Waals surface area contributed by atoms with Crippen LogP contribution in [0.25, 0.3) is 5.82 Å². The number of nitrogens with zero attached hydrogens (tertiary/aromatic N) is 3. The zero-order chi connectivity index (χ0) is 21.9. The van der Waals surface area contributed by atoms with E-state index in [1.165, 1.54) is 0 Å². The second-order valence-electron chi connectivity index (χ2n) is 7.23. The Labute approximate surface area is 168 Å². The highest BCUT2D eigenvalue weighted by Gasteiger charge is 2.41. The Bertz CT molecular complexity index is 865. The first-order valence-electron chi connectivity index (χ1n) is 9.57. The number of halogens is 6. The highest BCUT2D eigenvalue weighted by molar-refractivity contribution is 5.95. The summed E-state index contributed by atoms with van der Waals surface area (Å²) in [6.07, 6.45) is -2.20. The van der Waals surface area contributed by atoms with Gasteiger partial charge in [0.2, 0.25) is 0 Å². The summed E-state index contributed by atoms with van der Waals surface area (Å²) in [5.41, 5.74) is -3.17. The van der Waals surface area contributed by atoms with Gasteiger partial charge in [-0.1, -0.05) is 32.1 Å². The van der Waals surface area contributed by atoms with Crippen molar-refractivity contribution in [1.29, 1.82) is 0 Å². The van der Waals surface area contributed by atoms with E-state index in [2.05, 4.69) is 15.4 Å². The molecule has 2 aromatic rings. The molecule has 5 nitrogen and oxygen atoms in total. The lowest BCUT2D eigenvalue weighted by molar-refractivity contribution is -0.143. The SMILES string of the molecule is O=C(NC1CCCCCCC1)c1cnn(-c2ccc(C(F)(F)F)cn2)c1C(F)(F)F. The molecule has 0 aromatic carbocycles. The van der Waals surface area contributed by atoms with Crippen molar-refractivity contribution in [2.75, 3.05) is 0 Å². The number of hydrogen-bond acceptors (Lipinski definition) is 3. The molecule has 0 unspecified atom stereocenters. The van der Waals surface area contributed by atoms with Gasteiger partial charge in [0.25, 0.3) is 5.91 Å². The maximum absolute atomic E-state index is 13.7. The summed E-state index contributed by atoms with van der Waals surface area (Å²) in [6.45, 7) is 0. The molecule has 2 aromatic heterocycles. The van der Waals surface area contributed by atoms with Gasteiger partial charge in [0.15, 0.2) is 11.5 Å². The number of alkyl halides is 6. The molecule has 0 spiro atoms. The van der Waals surface area contributed by atoms with E-state index < -0.39 is 40.9 Å². The van der Waals surface area contributed by atoms with Gasteiger partial charge in [-0.25, -0.2) is 9.67 Å². The van der Waals surface area contributed by atoms with E-state index in [4.69, 9.17) is 0 Å². The minimum atomic E-state index is -4.96. The molecular weight excluding hydrogens is 414 g/mol. The minimum absolute atomic E-state index is 0.230. The Balaban J connectivity index is 1.89. The Kier molecular flexibility index (Phi) is 6.37.